The number of nitrogens with two attached hydrogens (primary N) is 1. The fourth-order valence-electron chi connectivity index (χ4n) is 3.75. The SMILES string of the molecule is Cc1cc(CC(=O)O)c(OCc2cc(-c3cccc(CN)c3)c3occc3c2)cc1C. The molecule has 0 fully saturated rings. The third-order valence-corrected chi connectivity index (χ3v) is 5.50. The lowest BCUT2D eigenvalue weighted by Crippen LogP contribution is -2.05. The summed E-state index contributed by atoms with van der Waals surface area (Å²) in [7, 11) is 0. The van der Waals surface area contributed by atoms with Crippen molar-refractivity contribution in [2.75, 3.05) is 0 Å². The van der Waals surface area contributed by atoms with Crippen molar-refractivity contribution in [3.63, 3.8) is 0 Å². The topological polar surface area (TPSA) is 85.7 Å². The molecule has 4 rings (SSSR count). The molecule has 31 heavy (non-hydrogen) atoms. The van der Waals surface area contributed by atoms with E-state index in [-0.39, 0.29) is 6.42 Å². The molecule has 3 N–H and O–H groups in total. The third kappa shape index (κ3) is 4.47. The molecule has 4 aromatic rings. The third-order valence-electron chi connectivity index (χ3n) is 5.50. The first kappa shape index (κ1) is 20.7. The fraction of sp³-hybridized carbons (Fsp3) is 0.192. The van der Waals surface area contributed by atoms with Crippen LogP contribution in [-0.2, 0) is 24.4 Å². The number of ether oxygens (including phenoxy) is 1. The van der Waals surface area contributed by atoms with Crippen molar-refractivity contribution in [2.45, 2.75) is 33.4 Å². The van der Waals surface area contributed by atoms with E-state index in [4.69, 9.17) is 14.9 Å². The van der Waals surface area contributed by atoms with Crippen molar-refractivity contribution in [3.8, 4) is 16.9 Å². The Bertz CT molecular complexity index is 1260. The summed E-state index contributed by atoms with van der Waals surface area (Å²) in [6.45, 7) is 4.75. The smallest absolute Gasteiger partial charge is 0.307 e. The lowest BCUT2D eigenvalue weighted by atomic mass is 9.99. The predicted octanol–water partition coefficient (Wildman–Crippen LogP) is 5.38. The van der Waals surface area contributed by atoms with Crippen LogP contribution in [0.3, 0.4) is 0 Å². The first-order valence-corrected chi connectivity index (χ1v) is 10.2. The number of aliphatic carboxylic acids is 1. The quantitative estimate of drug-likeness (QED) is 0.423. The second kappa shape index (κ2) is 8.66. The van der Waals surface area contributed by atoms with Gasteiger partial charge in [-0.1, -0.05) is 24.3 Å². The molecule has 0 saturated carbocycles. The first-order chi connectivity index (χ1) is 14.9. The summed E-state index contributed by atoms with van der Waals surface area (Å²) >= 11 is 0. The molecular formula is C26H25NO4. The number of furan rings is 1. The molecule has 0 aliphatic heterocycles. The Hall–Kier alpha value is -3.57. The van der Waals surface area contributed by atoms with E-state index in [0.29, 0.717) is 24.5 Å². The molecule has 0 amide bonds. The van der Waals surface area contributed by atoms with Gasteiger partial charge in [-0.05, 0) is 72.0 Å². The summed E-state index contributed by atoms with van der Waals surface area (Å²) in [5.41, 5.74) is 13.4. The van der Waals surface area contributed by atoms with E-state index in [9.17, 15) is 9.90 Å². The van der Waals surface area contributed by atoms with Crippen molar-refractivity contribution < 1.29 is 19.1 Å². The molecule has 0 aliphatic rings. The lowest BCUT2D eigenvalue weighted by molar-refractivity contribution is -0.136. The Morgan fingerprint density at radius 2 is 1.84 bits per heavy atom. The maximum atomic E-state index is 11.3. The van der Waals surface area contributed by atoms with Crippen LogP contribution in [0.2, 0.25) is 0 Å². The van der Waals surface area contributed by atoms with Crippen molar-refractivity contribution in [2.24, 2.45) is 5.73 Å². The number of benzene rings is 3. The van der Waals surface area contributed by atoms with E-state index in [1.165, 1.54) is 0 Å². The highest BCUT2D eigenvalue weighted by molar-refractivity contribution is 5.93. The first-order valence-electron chi connectivity index (χ1n) is 10.2. The summed E-state index contributed by atoms with van der Waals surface area (Å²) in [4.78, 5) is 11.3. The van der Waals surface area contributed by atoms with Crippen LogP contribution < -0.4 is 10.5 Å². The fourth-order valence-corrected chi connectivity index (χ4v) is 3.75. The lowest BCUT2D eigenvalue weighted by Gasteiger charge is -2.14. The highest BCUT2D eigenvalue weighted by Crippen LogP contribution is 2.32. The molecule has 0 aliphatic carbocycles. The van der Waals surface area contributed by atoms with Crippen molar-refractivity contribution in [3.05, 3.63) is 88.7 Å². The van der Waals surface area contributed by atoms with Crippen LogP contribution in [0.4, 0.5) is 0 Å². The van der Waals surface area contributed by atoms with Gasteiger partial charge in [0.05, 0.1) is 12.7 Å². The normalized spacial score (nSPS) is 11.1. The molecule has 158 valence electrons. The van der Waals surface area contributed by atoms with Gasteiger partial charge in [0.15, 0.2) is 0 Å². The maximum absolute atomic E-state index is 11.3. The molecule has 0 spiro atoms. The van der Waals surface area contributed by atoms with Gasteiger partial charge in [0.25, 0.3) is 0 Å². The minimum absolute atomic E-state index is 0.0750. The number of carbonyl (C=O) groups is 1. The van der Waals surface area contributed by atoms with Crippen LogP contribution in [0.15, 0.2) is 65.3 Å². The molecule has 5 heteroatoms. The van der Waals surface area contributed by atoms with E-state index >= 15 is 0 Å². The minimum Gasteiger partial charge on any atom is -0.489 e. The Labute approximate surface area is 181 Å². The summed E-state index contributed by atoms with van der Waals surface area (Å²) in [5, 5.41) is 10.2. The molecule has 1 heterocycles. The number of hydrogen-bond donors (Lipinski definition) is 2. The van der Waals surface area contributed by atoms with Gasteiger partial charge >= 0.3 is 5.97 Å². The molecule has 3 aromatic carbocycles. The van der Waals surface area contributed by atoms with Gasteiger partial charge in [-0.3, -0.25) is 4.79 Å². The highest BCUT2D eigenvalue weighted by atomic mass is 16.5. The molecule has 0 unspecified atom stereocenters. The highest BCUT2D eigenvalue weighted by Gasteiger charge is 2.13. The molecule has 0 atom stereocenters. The summed E-state index contributed by atoms with van der Waals surface area (Å²) in [6, 6.07) is 17.9. The molecular weight excluding hydrogens is 390 g/mol. The second-order valence-electron chi connectivity index (χ2n) is 7.79. The van der Waals surface area contributed by atoms with Crippen LogP contribution in [0.1, 0.15) is 27.8 Å². The Kier molecular flexibility index (Phi) is 5.78. The number of aryl methyl sites for hydroxylation is 2. The summed E-state index contributed by atoms with van der Waals surface area (Å²) in [5.74, 6) is -0.278. The van der Waals surface area contributed by atoms with E-state index < -0.39 is 5.97 Å². The second-order valence-corrected chi connectivity index (χ2v) is 7.79. The number of hydrogen-bond acceptors (Lipinski definition) is 4. The van der Waals surface area contributed by atoms with Gasteiger partial charge < -0.3 is 20.0 Å². The van der Waals surface area contributed by atoms with Crippen LogP contribution in [0.25, 0.3) is 22.1 Å². The van der Waals surface area contributed by atoms with Gasteiger partial charge in [-0.15, -0.1) is 0 Å². The van der Waals surface area contributed by atoms with Crippen molar-refractivity contribution in [1.82, 2.24) is 0 Å². The zero-order chi connectivity index (χ0) is 22.0. The van der Waals surface area contributed by atoms with E-state index in [0.717, 1.165) is 44.3 Å². The van der Waals surface area contributed by atoms with Crippen molar-refractivity contribution in [1.29, 1.82) is 0 Å². The molecule has 5 nitrogen and oxygen atoms in total. The predicted molar refractivity (Wildman–Crippen MR) is 121 cm³/mol. The molecule has 0 saturated heterocycles. The number of carboxylic acids is 1. The molecule has 1 aromatic heterocycles. The average Bonchev–Trinajstić information content (AvgIpc) is 3.23. The minimum atomic E-state index is -0.880. The van der Waals surface area contributed by atoms with Gasteiger partial charge in [0, 0.05) is 23.1 Å². The van der Waals surface area contributed by atoms with Gasteiger partial charge in [0.2, 0.25) is 0 Å². The number of rotatable bonds is 7. The molecule has 0 bridgehead atoms. The Balaban J connectivity index is 1.69. The van der Waals surface area contributed by atoms with E-state index in [2.05, 4.69) is 12.1 Å². The monoisotopic (exact) mass is 415 g/mol. The van der Waals surface area contributed by atoms with Crippen LogP contribution in [0.5, 0.6) is 5.75 Å². The van der Waals surface area contributed by atoms with Gasteiger partial charge in [0.1, 0.15) is 17.9 Å². The Morgan fingerprint density at radius 1 is 1.03 bits per heavy atom. The number of fused-ring (bicyclic) bond motifs is 1. The zero-order valence-electron chi connectivity index (χ0n) is 17.6. The van der Waals surface area contributed by atoms with Crippen LogP contribution in [-0.4, -0.2) is 11.1 Å². The zero-order valence-corrected chi connectivity index (χ0v) is 17.6. The number of carboxylic acid groups (broad SMARTS) is 1. The van der Waals surface area contributed by atoms with Gasteiger partial charge in [-0.25, -0.2) is 0 Å². The standard InChI is InChI=1S/C26H25NO4/c1-16-8-22(13-25(28)29)24(9-17(16)2)31-15-19-11-21-6-7-30-26(21)23(12-19)20-5-3-4-18(10-20)14-27/h3-12H,13-15,27H2,1-2H3,(H,28,29). The summed E-state index contributed by atoms with van der Waals surface area (Å²) in [6.07, 6.45) is 1.61. The van der Waals surface area contributed by atoms with E-state index in [1.807, 2.05) is 56.3 Å². The Morgan fingerprint density at radius 3 is 2.61 bits per heavy atom. The van der Waals surface area contributed by atoms with Crippen LogP contribution in [0, 0.1) is 13.8 Å². The van der Waals surface area contributed by atoms with Crippen LogP contribution >= 0.6 is 0 Å². The molecule has 0 radical (unpaired) electrons. The van der Waals surface area contributed by atoms with Crippen molar-refractivity contribution >= 4 is 16.9 Å². The van der Waals surface area contributed by atoms with Gasteiger partial charge in [-0.2, -0.15) is 0 Å². The summed E-state index contributed by atoms with van der Waals surface area (Å²) < 4.78 is 11.9. The van der Waals surface area contributed by atoms with E-state index in [1.54, 1.807) is 6.26 Å². The maximum Gasteiger partial charge on any atom is 0.307 e. The average molecular weight is 415 g/mol. The largest absolute Gasteiger partial charge is 0.489 e.